The molecule has 0 bridgehead atoms. The molecule has 0 spiro atoms. The largest absolute Gasteiger partial charge is 0.487 e. The average molecular weight is 335 g/mol. The van der Waals surface area contributed by atoms with Crippen molar-refractivity contribution >= 4 is 11.6 Å². The summed E-state index contributed by atoms with van der Waals surface area (Å²) >= 11 is 0. The maximum atomic E-state index is 12.8. The summed E-state index contributed by atoms with van der Waals surface area (Å²) in [6, 6.07) is 11.3. The molecule has 0 saturated carbocycles. The summed E-state index contributed by atoms with van der Waals surface area (Å²) in [5, 5.41) is 4.47. The number of para-hydroxylation sites is 1. The van der Waals surface area contributed by atoms with Gasteiger partial charge in [0.2, 0.25) is 0 Å². The third kappa shape index (κ3) is 3.08. The molecule has 7 nitrogen and oxygen atoms in total. The molecule has 0 N–H and O–H groups in total. The van der Waals surface area contributed by atoms with E-state index in [1.165, 1.54) is 0 Å². The monoisotopic (exact) mass is 335 g/mol. The summed E-state index contributed by atoms with van der Waals surface area (Å²) in [6.45, 7) is 3.31. The fourth-order valence-electron chi connectivity index (χ4n) is 2.76. The normalized spacial score (nSPS) is 13.6. The van der Waals surface area contributed by atoms with Crippen LogP contribution in [0, 0.1) is 6.92 Å². The van der Waals surface area contributed by atoms with E-state index >= 15 is 0 Å². The maximum absolute atomic E-state index is 12.8. The van der Waals surface area contributed by atoms with Gasteiger partial charge < -0.3 is 9.64 Å². The zero-order valence-electron chi connectivity index (χ0n) is 13.8. The number of nitrogens with zero attached hydrogens (tertiary/aromatic N) is 5. The number of hydrogen-bond acceptors (Lipinski definition) is 5. The summed E-state index contributed by atoms with van der Waals surface area (Å²) in [5.41, 5.74) is 1.98. The zero-order chi connectivity index (χ0) is 17.2. The van der Waals surface area contributed by atoms with Crippen molar-refractivity contribution in [1.29, 1.82) is 0 Å². The topological polar surface area (TPSA) is 73.1 Å². The van der Waals surface area contributed by atoms with Crippen LogP contribution in [0.25, 0.3) is 0 Å². The van der Waals surface area contributed by atoms with Gasteiger partial charge in [0.25, 0.3) is 5.91 Å². The van der Waals surface area contributed by atoms with Crippen molar-refractivity contribution in [2.45, 2.75) is 20.1 Å². The summed E-state index contributed by atoms with van der Waals surface area (Å²) in [7, 11) is 0. The quantitative estimate of drug-likeness (QED) is 0.731. The second-order valence-corrected chi connectivity index (χ2v) is 5.79. The molecule has 3 aromatic rings. The number of hydrogen-bond donors (Lipinski definition) is 0. The Balaban J connectivity index is 1.51. The van der Waals surface area contributed by atoms with Gasteiger partial charge in [-0.2, -0.15) is 5.10 Å². The van der Waals surface area contributed by atoms with E-state index in [0.29, 0.717) is 36.9 Å². The van der Waals surface area contributed by atoms with Crippen molar-refractivity contribution in [2.75, 3.05) is 11.4 Å². The van der Waals surface area contributed by atoms with Crippen LogP contribution in [-0.4, -0.2) is 32.2 Å². The molecule has 4 rings (SSSR count). The molecule has 0 radical (unpaired) electrons. The van der Waals surface area contributed by atoms with E-state index in [0.717, 1.165) is 11.4 Å². The number of benzene rings is 1. The van der Waals surface area contributed by atoms with E-state index in [2.05, 4.69) is 15.1 Å². The van der Waals surface area contributed by atoms with Crippen LogP contribution in [0.3, 0.4) is 0 Å². The Morgan fingerprint density at radius 2 is 1.88 bits per heavy atom. The molecule has 0 aliphatic carbocycles. The fourth-order valence-corrected chi connectivity index (χ4v) is 2.76. The third-order valence-corrected chi connectivity index (χ3v) is 4.04. The average Bonchev–Trinajstić information content (AvgIpc) is 3.06. The SMILES string of the molecule is Cc1ncc(N2CCn3nc(COc4ccccc4)cc3C2=O)cn1. The van der Waals surface area contributed by atoms with Crippen molar-refractivity contribution in [3.63, 3.8) is 0 Å². The molecule has 0 unspecified atom stereocenters. The highest BCUT2D eigenvalue weighted by molar-refractivity contribution is 6.05. The number of fused-ring (bicyclic) bond motifs is 1. The summed E-state index contributed by atoms with van der Waals surface area (Å²) in [5.74, 6) is 1.36. The summed E-state index contributed by atoms with van der Waals surface area (Å²) in [4.78, 5) is 22.8. The first-order valence-corrected chi connectivity index (χ1v) is 8.06. The number of anilines is 1. The molecule has 1 aromatic carbocycles. The van der Waals surface area contributed by atoms with Crippen molar-refractivity contribution in [2.24, 2.45) is 0 Å². The van der Waals surface area contributed by atoms with Gasteiger partial charge >= 0.3 is 0 Å². The van der Waals surface area contributed by atoms with Gasteiger partial charge in [-0.15, -0.1) is 0 Å². The van der Waals surface area contributed by atoms with Gasteiger partial charge in [-0.25, -0.2) is 9.97 Å². The van der Waals surface area contributed by atoms with Crippen molar-refractivity contribution in [1.82, 2.24) is 19.7 Å². The Morgan fingerprint density at radius 3 is 2.64 bits per heavy atom. The summed E-state index contributed by atoms with van der Waals surface area (Å²) < 4.78 is 7.44. The van der Waals surface area contributed by atoms with Crippen LogP contribution in [-0.2, 0) is 13.2 Å². The number of carbonyl (C=O) groups excluding carboxylic acids is 1. The first-order chi connectivity index (χ1) is 12.2. The Morgan fingerprint density at radius 1 is 1.12 bits per heavy atom. The minimum atomic E-state index is -0.0998. The van der Waals surface area contributed by atoms with Crippen LogP contribution in [0.2, 0.25) is 0 Å². The zero-order valence-corrected chi connectivity index (χ0v) is 13.8. The lowest BCUT2D eigenvalue weighted by molar-refractivity contribution is 0.0962. The van der Waals surface area contributed by atoms with Gasteiger partial charge in [0.1, 0.15) is 29.6 Å². The molecular weight excluding hydrogens is 318 g/mol. The minimum absolute atomic E-state index is 0.0998. The number of rotatable bonds is 4. The number of ether oxygens (including phenoxy) is 1. The first-order valence-electron chi connectivity index (χ1n) is 8.06. The molecule has 1 aliphatic heterocycles. The summed E-state index contributed by atoms with van der Waals surface area (Å²) in [6.07, 6.45) is 3.34. The van der Waals surface area contributed by atoms with Crippen molar-refractivity contribution < 1.29 is 9.53 Å². The van der Waals surface area contributed by atoms with E-state index in [9.17, 15) is 4.79 Å². The Kier molecular flexibility index (Phi) is 3.89. The molecule has 0 saturated heterocycles. The molecule has 2 aromatic heterocycles. The number of amides is 1. The second-order valence-electron chi connectivity index (χ2n) is 5.79. The van der Waals surface area contributed by atoms with Gasteiger partial charge in [0, 0.05) is 6.54 Å². The molecule has 0 atom stereocenters. The van der Waals surface area contributed by atoms with E-state index < -0.39 is 0 Å². The van der Waals surface area contributed by atoms with Crippen LogP contribution in [0.5, 0.6) is 5.75 Å². The van der Waals surface area contributed by atoms with Crippen LogP contribution in [0.4, 0.5) is 5.69 Å². The molecule has 1 aliphatic rings. The molecule has 7 heteroatoms. The Labute approximate surface area is 144 Å². The Bertz CT molecular complexity index is 890. The fraction of sp³-hybridized carbons (Fsp3) is 0.222. The highest BCUT2D eigenvalue weighted by Crippen LogP contribution is 2.21. The minimum Gasteiger partial charge on any atom is -0.487 e. The predicted molar refractivity (Wildman–Crippen MR) is 91.4 cm³/mol. The first kappa shape index (κ1) is 15.3. The van der Waals surface area contributed by atoms with Gasteiger partial charge in [-0.1, -0.05) is 18.2 Å². The highest BCUT2D eigenvalue weighted by Gasteiger charge is 2.28. The van der Waals surface area contributed by atoms with Gasteiger partial charge in [-0.05, 0) is 25.1 Å². The third-order valence-electron chi connectivity index (χ3n) is 4.04. The van der Waals surface area contributed by atoms with Gasteiger partial charge in [0.05, 0.1) is 24.6 Å². The Hall–Kier alpha value is -3.22. The van der Waals surface area contributed by atoms with E-state index in [1.54, 1.807) is 28.0 Å². The van der Waals surface area contributed by atoms with Crippen LogP contribution >= 0.6 is 0 Å². The predicted octanol–water partition coefficient (Wildman–Crippen LogP) is 2.22. The van der Waals surface area contributed by atoms with Crippen molar-refractivity contribution in [3.8, 4) is 5.75 Å². The highest BCUT2D eigenvalue weighted by atomic mass is 16.5. The van der Waals surface area contributed by atoms with E-state index in [4.69, 9.17) is 4.74 Å². The molecule has 1 amide bonds. The lowest BCUT2D eigenvalue weighted by Gasteiger charge is -2.26. The number of carbonyl (C=O) groups is 1. The van der Waals surface area contributed by atoms with E-state index in [1.807, 2.05) is 37.3 Å². The molecular formula is C18H17N5O2. The lowest BCUT2D eigenvalue weighted by Crippen LogP contribution is -2.40. The molecule has 3 heterocycles. The van der Waals surface area contributed by atoms with Gasteiger partial charge in [0.15, 0.2) is 0 Å². The van der Waals surface area contributed by atoms with Crippen LogP contribution < -0.4 is 9.64 Å². The van der Waals surface area contributed by atoms with Gasteiger partial charge in [-0.3, -0.25) is 9.48 Å². The van der Waals surface area contributed by atoms with Crippen LogP contribution in [0.15, 0.2) is 48.8 Å². The molecule has 0 fully saturated rings. The van der Waals surface area contributed by atoms with Crippen LogP contribution in [0.1, 0.15) is 22.0 Å². The molecule has 25 heavy (non-hydrogen) atoms. The van der Waals surface area contributed by atoms with Crippen molar-refractivity contribution in [3.05, 3.63) is 66.0 Å². The number of aromatic nitrogens is 4. The smallest absolute Gasteiger partial charge is 0.276 e. The maximum Gasteiger partial charge on any atom is 0.276 e. The lowest BCUT2D eigenvalue weighted by atomic mass is 10.2. The molecule has 126 valence electrons. The second kappa shape index (κ2) is 6.35. The van der Waals surface area contributed by atoms with E-state index in [-0.39, 0.29) is 5.91 Å². The number of aryl methyl sites for hydroxylation is 1. The standard InChI is InChI=1S/C18H17N5O2/c1-13-19-10-15(11-20-13)22-7-8-23-17(18(22)24)9-14(21-23)12-25-16-5-3-2-4-6-16/h2-6,9-11H,7-8,12H2,1H3.